The second kappa shape index (κ2) is 8.91. The van der Waals surface area contributed by atoms with Gasteiger partial charge in [0, 0.05) is 30.8 Å². The summed E-state index contributed by atoms with van der Waals surface area (Å²) in [5.41, 5.74) is 5.11. The smallest absolute Gasteiger partial charge is 0.322 e. The van der Waals surface area contributed by atoms with Gasteiger partial charge < -0.3 is 15.4 Å². The Labute approximate surface area is 201 Å². The Kier molecular flexibility index (Phi) is 5.94. The summed E-state index contributed by atoms with van der Waals surface area (Å²) < 4.78 is 5.73. The van der Waals surface area contributed by atoms with Crippen molar-refractivity contribution in [2.75, 3.05) is 23.4 Å². The van der Waals surface area contributed by atoms with Crippen LogP contribution in [0, 0.1) is 12.3 Å². The Morgan fingerprint density at radius 1 is 1.15 bits per heavy atom. The normalized spacial score (nSPS) is 23.6. The van der Waals surface area contributed by atoms with Crippen LogP contribution >= 0.6 is 0 Å². The molecule has 178 valence electrons. The summed E-state index contributed by atoms with van der Waals surface area (Å²) in [4.78, 5) is 29.2. The highest BCUT2D eigenvalue weighted by Crippen LogP contribution is 2.48. The van der Waals surface area contributed by atoms with Crippen molar-refractivity contribution in [3.05, 3.63) is 70.9 Å². The number of benzene rings is 2. The third kappa shape index (κ3) is 4.34. The van der Waals surface area contributed by atoms with Crippen LogP contribution in [0.3, 0.4) is 0 Å². The fourth-order valence-corrected chi connectivity index (χ4v) is 5.37. The Morgan fingerprint density at radius 3 is 2.65 bits per heavy atom. The number of urea groups is 1. The molecule has 0 unspecified atom stereocenters. The van der Waals surface area contributed by atoms with Crippen LogP contribution in [0.25, 0.3) is 0 Å². The molecule has 5 rings (SSSR count). The van der Waals surface area contributed by atoms with E-state index in [2.05, 4.69) is 24.5 Å². The number of fused-ring (bicyclic) bond motifs is 1. The molecule has 0 saturated carbocycles. The van der Waals surface area contributed by atoms with Gasteiger partial charge in [0.1, 0.15) is 0 Å². The van der Waals surface area contributed by atoms with Gasteiger partial charge in [0.2, 0.25) is 0 Å². The molecule has 2 atom stereocenters. The van der Waals surface area contributed by atoms with E-state index in [1.54, 1.807) is 4.90 Å². The van der Waals surface area contributed by atoms with Crippen molar-refractivity contribution in [1.82, 2.24) is 5.32 Å². The molecular weight excluding hydrogens is 426 g/mol. The van der Waals surface area contributed by atoms with Gasteiger partial charge in [-0.1, -0.05) is 55.8 Å². The highest BCUT2D eigenvalue weighted by Gasteiger charge is 2.43. The fourth-order valence-electron chi connectivity index (χ4n) is 5.37. The lowest BCUT2D eigenvalue weighted by atomic mass is 9.73. The predicted octanol–water partition coefficient (Wildman–Crippen LogP) is 5.50. The van der Waals surface area contributed by atoms with E-state index in [1.807, 2.05) is 55.5 Å². The lowest BCUT2D eigenvalue weighted by Crippen LogP contribution is -2.46. The van der Waals surface area contributed by atoms with E-state index in [0.717, 1.165) is 54.1 Å². The van der Waals surface area contributed by atoms with E-state index in [0.29, 0.717) is 18.5 Å². The lowest BCUT2D eigenvalue weighted by Gasteiger charge is -2.37. The third-order valence-corrected chi connectivity index (χ3v) is 7.02. The first kappa shape index (κ1) is 22.7. The minimum absolute atomic E-state index is 0.0361. The average molecular weight is 460 g/mol. The summed E-state index contributed by atoms with van der Waals surface area (Å²) in [6.07, 6.45) is 3.20. The van der Waals surface area contributed by atoms with E-state index >= 15 is 0 Å². The topological polar surface area (TPSA) is 70.7 Å². The molecule has 3 aliphatic rings. The van der Waals surface area contributed by atoms with Crippen LogP contribution in [0.5, 0.6) is 0 Å². The molecule has 2 aromatic rings. The molecule has 1 fully saturated rings. The second-order valence-corrected chi connectivity index (χ2v) is 10.5. The molecule has 2 aliphatic heterocycles. The number of nitrogens with zero attached hydrogens (tertiary/aromatic N) is 1. The molecule has 1 saturated heterocycles. The van der Waals surface area contributed by atoms with Gasteiger partial charge in [-0.2, -0.15) is 0 Å². The highest BCUT2D eigenvalue weighted by molar-refractivity contribution is 6.06. The van der Waals surface area contributed by atoms with Gasteiger partial charge in [-0.3, -0.25) is 9.69 Å². The van der Waals surface area contributed by atoms with Gasteiger partial charge in [-0.25, -0.2) is 4.79 Å². The molecular formula is C28H33N3O3. The number of carbonyl (C=O) groups is 2. The van der Waals surface area contributed by atoms with Crippen molar-refractivity contribution in [3.8, 4) is 0 Å². The highest BCUT2D eigenvalue weighted by atomic mass is 16.5. The number of anilines is 2. The molecule has 0 spiro atoms. The number of ketones is 1. The number of aryl methyl sites for hydroxylation is 1. The van der Waals surface area contributed by atoms with Crippen LogP contribution in [0.4, 0.5) is 16.2 Å². The van der Waals surface area contributed by atoms with Crippen LogP contribution in [0.15, 0.2) is 59.8 Å². The second-order valence-electron chi connectivity index (χ2n) is 10.5. The first-order chi connectivity index (χ1) is 16.3. The Hall–Kier alpha value is -3.12. The molecule has 2 aromatic carbocycles. The maximum Gasteiger partial charge on any atom is 0.322 e. The number of amides is 2. The molecule has 2 N–H and O–H groups in total. The zero-order valence-electron chi connectivity index (χ0n) is 20.2. The maximum absolute atomic E-state index is 13.8. The summed E-state index contributed by atoms with van der Waals surface area (Å²) in [5.74, 6) is 0.0917. The summed E-state index contributed by atoms with van der Waals surface area (Å²) in [7, 11) is 0. The quantitative estimate of drug-likeness (QED) is 0.636. The van der Waals surface area contributed by atoms with Gasteiger partial charge >= 0.3 is 6.03 Å². The van der Waals surface area contributed by atoms with Gasteiger partial charge in [-0.15, -0.1) is 0 Å². The fraction of sp³-hybridized carbons (Fsp3) is 0.429. The lowest BCUT2D eigenvalue weighted by molar-refractivity contribution is -0.118. The number of Topliss-reactive ketones (excluding diaryl/α,β-unsaturated/α-hetero) is 1. The van der Waals surface area contributed by atoms with E-state index < -0.39 is 6.04 Å². The molecule has 2 amide bonds. The number of allylic oxidation sites excluding steroid dienone is 1. The SMILES string of the molecule is Cc1ccc([C@H]2C3=C(CC(C)(C)CC3=O)Nc3ccccc3N2C(=O)NC[C@@H]2CCCO2)cc1. The molecule has 6 heteroatoms. The standard InChI is InChI=1S/C28H33N3O3/c1-18-10-12-19(13-11-18)26-25-22(15-28(2,3)16-24(25)32)30-21-8-4-5-9-23(21)31(26)27(33)29-17-20-7-6-14-34-20/h4-5,8-13,20,26,30H,6-7,14-17H2,1-3H3,(H,29,33)/t20-,26-/m0/s1. The Balaban J connectivity index is 1.64. The van der Waals surface area contributed by atoms with Crippen LogP contribution in [0.1, 0.15) is 56.7 Å². The maximum atomic E-state index is 13.8. The van der Waals surface area contributed by atoms with Crippen LogP contribution < -0.4 is 15.5 Å². The predicted molar refractivity (Wildman–Crippen MR) is 134 cm³/mol. The van der Waals surface area contributed by atoms with E-state index in [9.17, 15) is 9.59 Å². The number of para-hydroxylation sites is 2. The molecule has 0 radical (unpaired) electrons. The first-order valence-corrected chi connectivity index (χ1v) is 12.2. The average Bonchev–Trinajstić information content (AvgIpc) is 3.26. The van der Waals surface area contributed by atoms with Crippen LogP contribution in [0.2, 0.25) is 0 Å². The zero-order chi connectivity index (χ0) is 23.9. The number of hydrogen-bond acceptors (Lipinski definition) is 4. The third-order valence-electron chi connectivity index (χ3n) is 7.02. The molecule has 0 bridgehead atoms. The summed E-state index contributed by atoms with van der Waals surface area (Å²) in [5, 5.41) is 6.65. The van der Waals surface area contributed by atoms with Crippen molar-refractivity contribution < 1.29 is 14.3 Å². The van der Waals surface area contributed by atoms with Crippen LogP contribution in [-0.2, 0) is 9.53 Å². The van der Waals surface area contributed by atoms with Crippen molar-refractivity contribution >= 4 is 23.2 Å². The molecule has 1 aliphatic carbocycles. The number of carbonyl (C=O) groups excluding carboxylic acids is 2. The largest absolute Gasteiger partial charge is 0.376 e. The van der Waals surface area contributed by atoms with Gasteiger partial charge in [0.25, 0.3) is 0 Å². The molecule has 6 nitrogen and oxygen atoms in total. The van der Waals surface area contributed by atoms with Crippen molar-refractivity contribution in [1.29, 1.82) is 0 Å². The Morgan fingerprint density at radius 2 is 1.91 bits per heavy atom. The number of ether oxygens (including phenoxy) is 1. The minimum Gasteiger partial charge on any atom is -0.376 e. The molecule has 2 heterocycles. The van der Waals surface area contributed by atoms with Crippen molar-refractivity contribution in [2.24, 2.45) is 5.41 Å². The molecule has 34 heavy (non-hydrogen) atoms. The van der Waals surface area contributed by atoms with E-state index in [1.165, 1.54) is 0 Å². The monoisotopic (exact) mass is 459 g/mol. The van der Waals surface area contributed by atoms with E-state index in [4.69, 9.17) is 4.74 Å². The first-order valence-electron chi connectivity index (χ1n) is 12.2. The van der Waals surface area contributed by atoms with Gasteiger partial charge in [-0.05, 0) is 49.3 Å². The number of nitrogens with one attached hydrogen (secondary N) is 2. The zero-order valence-corrected chi connectivity index (χ0v) is 20.2. The van der Waals surface area contributed by atoms with Gasteiger partial charge in [0.15, 0.2) is 5.78 Å². The van der Waals surface area contributed by atoms with Gasteiger partial charge in [0.05, 0.1) is 23.5 Å². The number of rotatable bonds is 3. The van der Waals surface area contributed by atoms with Crippen LogP contribution in [-0.4, -0.2) is 31.1 Å². The van der Waals surface area contributed by atoms with Crippen molar-refractivity contribution in [3.63, 3.8) is 0 Å². The summed E-state index contributed by atoms with van der Waals surface area (Å²) >= 11 is 0. The minimum atomic E-state index is -0.514. The van der Waals surface area contributed by atoms with Crippen molar-refractivity contribution in [2.45, 2.75) is 58.6 Å². The summed E-state index contributed by atoms with van der Waals surface area (Å²) in [6.45, 7) is 7.49. The van der Waals surface area contributed by atoms with E-state index in [-0.39, 0.29) is 23.3 Å². The summed E-state index contributed by atoms with van der Waals surface area (Å²) in [6, 6.07) is 15.2. The number of hydrogen-bond donors (Lipinski definition) is 2. The Bertz CT molecular complexity index is 1130. The molecule has 0 aromatic heterocycles.